The van der Waals surface area contributed by atoms with Crippen LogP contribution in [0.2, 0.25) is 0 Å². The Labute approximate surface area is 160 Å². The second-order valence-corrected chi connectivity index (χ2v) is 5.69. The number of hydrogen-bond donors (Lipinski definition) is 3. The number of nitrogens with one attached hydrogen (secondary N) is 3. The van der Waals surface area contributed by atoms with Gasteiger partial charge in [0.2, 0.25) is 5.91 Å². The van der Waals surface area contributed by atoms with Gasteiger partial charge in [-0.3, -0.25) is 9.79 Å². The molecule has 0 aromatic heterocycles. The number of nitrogens with zero attached hydrogens (tertiary/aromatic N) is 1. The number of carbonyl (C=O) groups excluding carboxylic acids is 1. The van der Waals surface area contributed by atoms with Gasteiger partial charge in [0.05, 0.1) is 6.42 Å². The highest BCUT2D eigenvalue weighted by molar-refractivity contribution is 14.0. The van der Waals surface area contributed by atoms with Crippen LogP contribution in [0.5, 0.6) is 0 Å². The number of aliphatic imine (C=N–C) groups is 1. The van der Waals surface area contributed by atoms with Gasteiger partial charge in [0.25, 0.3) is 0 Å². The lowest BCUT2D eigenvalue weighted by atomic mass is 10.1. The third kappa shape index (κ3) is 10.4. The maximum Gasteiger partial charge on any atom is 0.224 e. The minimum atomic E-state index is -0.296. The Morgan fingerprint density at radius 2 is 1.75 bits per heavy atom. The van der Waals surface area contributed by atoms with Gasteiger partial charge in [0, 0.05) is 26.2 Å². The summed E-state index contributed by atoms with van der Waals surface area (Å²) in [6, 6.07) is 5.96. The predicted octanol–water partition coefficient (Wildman–Crippen LogP) is 2.31. The molecule has 24 heavy (non-hydrogen) atoms. The molecule has 1 rings (SSSR count). The van der Waals surface area contributed by atoms with Gasteiger partial charge in [-0.15, -0.1) is 24.0 Å². The molecule has 5 nitrogen and oxygen atoms in total. The number of guanidine groups is 1. The third-order valence-corrected chi connectivity index (χ3v) is 2.98. The lowest BCUT2D eigenvalue weighted by Gasteiger charge is -2.12. The second kappa shape index (κ2) is 13.0. The maximum atomic E-state index is 12.8. The molecule has 7 heteroatoms. The minimum Gasteiger partial charge on any atom is -0.357 e. The first kappa shape index (κ1) is 22.6. The highest BCUT2D eigenvalue weighted by atomic mass is 127. The highest BCUT2D eigenvalue weighted by Crippen LogP contribution is 2.03. The maximum absolute atomic E-state index is 12.8. The first-order valence-electron chi connectivity index (χ1n) is 8.04. The van der Waals surface area contributed by atoms with Gasteiger partial charge in [-0.05, 0) is 30.5 Å². The van der Waals surface area contributed by atoms with Crippen LogP contribution in [0.4, 0.5) is 4.39 Å². The Morgan fingerprint density at radius 1 is 1.12 bits per heavy atom. The van der Waals surface area contributed by atoms with E-state index in [0.717, 1.165) is 24.6 Å². The monoisotopic (exact) mass is 450 g/mol. The number of halogens is 2. The molecule has 0 aliphatic rings. The summed E-state index contributed by atoms with van der Waals surface area (Å²) >= 11 is 0. The van der Waals surface area contributed by atoms with Crippen molar-refractivity contribution in [2.45, 2.75) is 27.2 Å². The molecule has 1 aromatic carbocycles. The fourth-order valence-electron chi connectivity index (χ4n) is 1.85. The van der Waals surface area contributed by atoms with Crippen LogP contribution < -0.4 is 16.0 Å². The molecule has 0 unspecified atom stereocenters. The summed E-state index contributed by atoms with van der Waals surface area (Å²) in [6.07, 6.45) is 0.252. The zero-order valence-corrected chi connectivity index (χ0v) is 16.9. The predicted molar refractivity (Wildman–Crippen MR) is 107 cm³/mol. The van der Waals surface area contributed by atoms with Crippen LogP contribution in [0, 0.1) is 11.7 Å². The second-order valence-electron chi connectivity index (χ2n) is 5.69. The molecule has 0 bridgehead atoms. The molecule has 0 saturated heterocycles. The van der Waals surface area contributed by atoms with Crippen LogP contribution in [-0.2, 0) is 11.2 Å². The van der Waals surface area contributed by atoms with Crippen LogP contribution in [0.3, 0.4) is 0 Å². The minimum absolute atomic E-state index is 0. The van der Waals surface area contributed by atoms with Crippen molar-refractivity contribution in [2.24, 2.45) is 10.9 Å². The van der Waals surface area contributed by atoms with E-state index in [9.17, 15) is 9.18 Å². The lowest BCUT2D eigenvalue weighted by molar-refractivity contribution is -0.120. The van der Waals surface area contributed by atoms with Gasteiger partial charge in [-0.25, -0.2) is 4.39 Å². The molecular weight excluding hydrogens is 422 g/mol. The van der Waals surface area contributed by atoms with Gasteiger partial charge in [0.1, 0.15) is 5.82 Å². The van der Waals surface area contributed by atoms with E-state index in [1.165, 1.54) is 12.1 Å². The van der Waals surface area contributed by atoms with E-state index in [4.69, 9.17) is 0 Å². The Kier molecular flexibility index (Phi) is 12.2. The molecule has 3 N–H and O–H groups in total. The zero-order chi connectivity index (χ0) is 17.1. The smallest absolute Gasteiger partial charge is 0.224 e. The normalized spacial score (nSPS) is 11.0. The summed E-state index contributed by atoms with van der Waals surface area (Å²) in [6.45, 7) is 8.89. The molecule has 0 heterocycles. The number of rotatable bonds is 8. The van der Waals surface area contributed by atoms with E-state index in [1.54, 1.807) is 12.1 Å². The van der Waals surface area contributed by atoms with E-state index >= 15 is 0 Å². The van der Waals surface area contributed by atoms with E-state index in [1.807, 2.05) is 6.92 Å². The van der Waals surface area contributed by atoms with Gasteiger partial charge in [-0.1, -0.05) is 26.0 Å². The van der Waals surface area contributed by atoms with Crippen LogP contribution in [0.1, 0.15) is 26.3 Å². The zero-order valence-electron chi connectivity index (χ0n) is 14.6. The van der Waals surface area contributed by atoms with Crippen LogP contribution in [0.25, 0.3) is 0 Å². The molecule has 1 amide bonds. The van der Waals surface area contributed by atoms with E-state index in [-0.39, 0.29) is 42.1 Å². The Balaban J connectivity index is 0.00000529. The summed E-state index contributed by atoms with van der Waals surface area (Å²) in [5.41, 5.74) is 0.795. The van der Waals surface area contributed by atoms with Crippen molar-refractivity contribution >= 4 is 35.8 Å². The SMILES string of the molecule is CCNC(=NCC(C)C)NCCNC(=O)Cc1ccc(F)cc1.I. The van der Waals surface area contributed by atoms with Gasteiger partial charge in [0.15, 0.2) is 5.96 Å². The number of carbonyl (C=O) groups is 1. The van der Waals surface area contributed by atoms with Crippen molar-refractivity contribution in [2.75, 3.05) is 26.2 Å². The van der Waals surface area contributed by atoms with Crippen molar-refractivity contribution in [3.05, 3.63) is 35.6 Å². The molecule has 0 aliphatic heterocycles. The molecule has 0 atom stereocenters. The van der Waals surface area contributed by atoms with E-state index < -0.39 is 0 Å². The number of hydrogen-bond acceptors (Lipinski definition) is 2. The number of amides is 1. The van der Waals surface area contributed by atoms with E-state index in [0.29, 0.717) is 19.0 Å². The lowest BCUT2D eigenvalue weighted by Crippen LogP contribution is -2.42. The Bertz CT molecular complexity index is 506. The average molecular weight is 450 g/mol. The van der Waals surface area contributed by atoms with Crippen molar-refractivity contribution < 1.29 is 9.18 Å². The third-order valence-electron chi connectivity index (χ3n) is 2.98. The highest BCUT2D eigenvalue weighted by Gasteiger charge is 2.03. The summed E-state index contributed by atoms with van der Waals surface area (Å²) < 4.78 is 12.8. The Morgan fingerprint density at radius 3 is 2.33 bits per heavy atom. The van der Waals surface area contributed by atoms with Crippen LogP contribution in [-0.4, -0.2) is 38.0 Å². The summed E-state index contributed by atoms with van der Waals surface area (Å²) in [4.78, 5) is 16.3. The first-order chi connectivity index (χ1) is 11.0. The summed E-state index contributed by atoms with van der Waals surface area (Å²) in [5.74, 6) is 0.882. The van der Waals surface area contributed by atoms with Crippen LogP contribution in [0.15, 0.2) is 29.3 Å². The van der Waals surface area contributed by atoms with E-state index in [2.05, 4.69) is 34.8 Å². The largest absolute Gasteiger partial charge is 0.357 e. The molecule has 0 saturated carbocycles. The quantitative estimate of drug-likeness (QED) is 0.247. The topological polar surface area (TPSA) is 65.5 Å². The van der Waals surface area contributed by atoms with Gasteiger partial charge < -0.3 is 16.0 Å². The molecule has 0 aliphatic carbocycles. The molecular formula is C17H28FIN4O. The van der Waals surface area contributed by atoms with Crippen molar-refractivity contribution in [1.29, 1.82) is 0 Å². The summed E-state index contributed by atoms with van der Waals surface area (Å²) in [7, 11) is 0. The molecule has 136 valence electrons. The molecule has 0 radical (unpaired) electrons. The fraction of sp³-hybridized carbons (Fsp3) is 0.529. The van der Waals surface area contributed by atoms with Crippen molar-refractivity contribution in [1.82, 2.24) is 16.0 Å². The average Bonchev–Trinajstić information content (AvgIpc) is 2.51. The van der Waals surface area contributed by atoms with Crippen molar-refractivity contribution in [3.8, 4) is 0 Å². The van der Waals surface area contributed by atoms with Gasteiger partial charge >= 0.3 is 0 Å². The molecule has 1 aromatic rings. The van der Waals surface area contributed by atoms with Crippen molar-refractivity contribution in [3.63, 3.8) is 0 Å². The van der Waals surface area contributed by atoms with Crippen LogP contribution >= 0.6 is 24.0 Å². The Hall–Kier alpha value is -1.38. The van der Waals surface area contributed by atoms with Gasteiger partial charge in [-0.2, -0.15) is 0 Å². The first-order valence-corrected chi connectivity index (χ1v) is 8.04. The fourth-order valence-corrected chi connectivity index (χ4v) is 1.85. The standard InChI is InChI=1S/C17H27FN4O.HI/c1-4-19-17(22-12-13(2)3)21-10-9-20-16(23)11-14-5-7-15(18)8-6-14;/h5-8,13H,4,9-12H2,1-3H3,(H,20,23)(H2,19,21,22);1H. The molecule has 0 spiro atoms. The summed E-state index contributed by atoms with van der Waals surface area (Å²) in [5, 5.41) is 9.17. The molecule has 0 fully saturated rings. The number of benzene rings is 1.